The predicted molar refractivity (Wildman–Crippen MR) is 205 cm³/mol. The molecule has 0 amide bonds. The van der Waals surface area contributed by atoms with E-state index in [0.717, 1.165) is 71.9 Å². The molecule has 0 aliphatic rings. The first-order valence-electron chi connectivity index (χ1n) is 17.0. The normalized spacial score (nSPS) is 11.7. The Morgan fingerprint density at radius 2 is 0.942 bits per heavy atom. The molecule has 52 heavy (non-hydrogen) atoms. The molecule has 0 aliphatic heterocycles. The summed E-state index contributed by atoms with van der Waals surface area (Å²) in [5.74, 6) is 0.466. The molecule has 7 heteroatoms. The molecule has 0 radical (unpaired) electrons. The SMILES string of the molecule is Fc1cc(F)cc(-n2c3ccccc3c3c(-c4ccc5c(c4)c4ccccc4n5-c4nc(-c5ccccc5)nc(-c5ccccc5)n4)cccc32)c1. The first-order valence-corrected chi connectivity index (χ1v) is 17.0. The topological polar surface area (TPSA) is 48.5 Å². The van der Waals surface area contributed by atoms with E-state index in [1.807, 2.05) is 108 Å². The fourth-order valence-electron chi connectivity index (χ4n) is 7.46. The van der Waals surface area contributed by atoms with Gasteiger partial charge in [0.2, 0.25) is 5.95 Å². The smallest absolute Gasteiger partial charge is 0.238 e. The largest absolute Gasteiger partial charge is 0.309 e. The summed E-state index contributed by atoms with van der Waals surface area (Å²) >= 11 is 0. The third-order valence-electron chi connectivity index (χ3n) is 9.67. The van der Waals surface area contributed by atoms with Crippen LogP contribution in [0.15, 0.2) is 164 Å². The molecule has 0 N–H and O–H groups in total. The first kappa shape index (κ1) is 29.9. The molecule has 3 aromatic heterocycles. The third kappa shape index (κ3) is 4.78. The van der Waals surface area contributed by atoms with Gasteiger partial charge in [0.25, 0.3) is 0 Å². The molecule has 10 rings (SSSR count). The van der Waals surface area contributed by atoms with Crippen molar-refractivity contribution >= 4 is 43.6 Å². The highest BCUT2D eigenvalue weighted by Crippen LogP contribution is 2.41. The number of rotatable bonds is 5. The summed E-state index contributed by atoms with van der Waals surface area (Å²) in [6.45, 7) is 0. The van der Waals surface area contributed by atoms with Crippen molar-refractivity contribution in [1.82, 2.24) is 24.1 Å². The highest BCUT2D eigenvalue weighted by molar-refractivity contribution is 6.17. The lowest BCUT2D eigenvalue weighted by atomic mass is 9.98. The van der Waals surface area contributed by atoms with Crippen LogP contribution < -0.4 is 0 Å². The van der Waals surface area contributed by atoms with E-state index in [2.05, 4.69) is 47.0 Å². The Balaban J connectivity index is 1.21. The number of hydrogen-bond acceptors (Lipinski definition) is 3. The maximum absolute atomic E-state index is 14.5. The summed E-state index contributed by atoms with van der Waals surface area (Å²) in [7, 11) is 0. The zero-order valence-corrected chi connectivity index (χ0v) is 27.6. The van der Waals surface area contributed by atoms with Crippen molar-refractivity contribution < 1.29 is 8.78 Å². The Morgan fingerprint density at radius 1 is 0.385 bits per heavy atom. The summed E-state index contributed by atoms with van der Waals surface area (Å²) in [4.78, 5) is 15.0. The van der Waals surface area contributed by atoms with Crippen LogP contribution in [0.4, 0.5) is 8.78 Å². The Morgan fingerprint density at radius 3 is 1.62 bits per heavy atom. The molecule has 0 saturated carbocycles. The van der Waals surface area contributed by atoms with Crippen molar-refractivity contribution in [3.05, 3.63) is 175 Å². The summed E-state index contributed by atoms with van der Waals surface area (Å²) < 4.78 is 33.1. The number of fused-ring (bicyclic) bond motifs is 6. The van der Waals surface area contributed by atoms with Crippen LogP contribution in [-0.2, 0) is 0 Å². The molecule has 7 aromatic carbocycles. The fourth-order valence-corrected chi connectivity index (χ4v) is 7.46. The lowest BCUT2D eigenvalue weighted by Gasteiger charge is -2.11. The number of para-hydroxylation sites is 2. The van der Waals surface area contributed by atoms with Gasteiger partial charge < -0.3 is 4.57 Å². The van der Waals surface area contributed by atoms with Crippen molar-refractivity contribution in [2.75, 3.05) is 0 Å². The zero-order chi connectivity index (χ0) is 34.8. The summed E-state index contributed by atoms with van der Waals surface area (Å²) in [5.41, 5.74) is 7.92. The van der Waals surface area contributed by atoms with Crippen LogP contribution >= 0.6 is 0 Å². The van der Waals surface area contributed by atoms with Gasteiger partial charge in [0.05, 0.1) is 27.8 Å². The molecule has 0 fully saturated rings. The van der Waals surface area contributed by atoms with E-state index in [1.165, 1.54) is 12.1 Å². The Labute approximate surface area is 296 Å². The van der Waals surface area contributed by atoms with Gasteiger partial charge in [-0.3, -0.25) is 4.57 Å². The molecule has 3 heterocycles. The lowest BCUT2D eigenvalue weighted by molar-refractivity contribution is 0.582. The van der Waals surface area contributed by atoms with Crippen LogP contribution in [0, 0.1) is 11.6 Å². The zero-order valence-electron chi connectivity index (χ0n) is 27.6. The van der Waals surface area contributed by atoms with Crippen molar-refractivity contribution in [1.29, 1.82) is 0 Å². The number of benzene rings is 7. The summed E-state index contributed by atoms with van der Waals surface area (Å²) in [5, 5.41) is 4.10. The molecule has 0 saturated heterocycles. The van der Waals surface area contributed by atoms with Gasteiger partial charge in [-0.05, 0) is 53.6 Å². The van der Waals surface area contributed by atoms with Crippen molar-refractivity contribution in [3.8, 4) is 45.5 Å². The number of hydrogen-bond donors (Lipinski definition) is 0. The standard InChI is InChI=1S/C45H27F2N5/c46-31-25-32(47)27-33(26-31)51-39-20-10-8-17-36(39)42-34(18-11-21-41(42)51)30-22-23-40-37(24-30)35-16-7-9-19-38(35)52(40)45-49-43(28-12-3-1-4-13-28)48-44(50-45)29-14-5-2-6-15-29/h1-27H. The Hall–Kier alpha value is -6.99. The molecule has 5 nitrogen and oxygen atoms in total. The van der Waals surface area contributed by atoms with E-state index < -0.39 is 11.6 Å². The average Bonchev–Trinajstić information content (AvgIpc) is 3.71. The molecule has 246 valence electrons. The van der Waals surface area contributed by atoms with Gasteiger partial charge in [0.15, 0.2) is 11.6 Å². The van der Waals surface area contributed by atoms with Gasteiger partial charge in [-0.1, -0.05) is 115 Å². The highest BCUT2D eigenvalue weighted by atomic mass is 19.1. The van der Waals surface area contributed by atoms with Crippen molar-refractivity contribution in [2.45, 2.75) is 0 Å². The van der Waals surface area contributed by atoms with Gasteiger partial charge in [0.1, 0.15) is 11.6 Å². The van der Waals surface area contributed by atoms with E-state index in [0.29, 0.717) is 23.3 Å². The average molecular weight is 676 g/mol. The van der Waals surface area contributed by atoms with E-state index in [4.69, 9.17) is 15.0 Å². The second-order valence-electron chi connectivity index (χ2n) is 12.8. The quantitative estimate of drug-likeness (QED) is 0.182. The van der Waals surface area contributed by atoms with Crippen molar-refractivity contribution in [3.63, 3.8) is 0 Å². The third-order valence-corrected chi connectivity index (χ3v) is 9.67. The lowest BCUT2D eigenvalue weighted by Crippen LogP contribution is -2.06. The summed E-state index contributed by atoms with van der Waals surface area (Å²) in [6.07, 6.45) is 0. The summed E-state index contributed by atoms with van der Waals surface area (Å²) in [6, 6.07) is 52.4. The Kier molecular flexibility index (Phi) is 6.79. The minimum Gasteiger partial charge on any atom is -0.309 e. The number of aromatic nitrogens is 5. The maximum atomic E-state index is 14.5. The Bertz CT molecular complexity index is 2910. The predicted octanol–water partition coefficient (Wildman–Crippen LogP) is 11.3. The van der Waals surface area contributed by atoms with E-state index in [9.17, 15) is 8.78 Å². The minimum absolute atomic E-state index is 0.432. The van der Waals surface area contributed by atoms with Crippen LogP contribution in [0.3, 0.4) is 0 Å². The molecule has 0 unspecified atom stereocenters. The van der Waals surface area contributed by atoms with Gasteiger partial charge in [-0.15, -0.1) is 0 Å². The van der Waals surface area contributed by atoms with Crippen molar-refractivity contribution in [2.24, 2.45) is 0 Å². The van der Waals surface area contributed by atoms with Crippen LogP contribution in [-0.4, -0.2) is 24.1 Å². The van der Waals surface area contributed by atoms with Crippen LogP contribution in [0.1, 0.15) is 0 Å². The van der Waals surface area contributed by atoms with E-state index >= 15 is 0 Å². The minimum atomic E-state index is -0.621. The molecule has 0 bridgehead atoms. The maximum Gasteiger partial charge on any atom is 0.238 e. The molecule has 0 atom stereocenters. The molecule has 0 spiro atoms. The van der Waals surface area contributed by atoms with Gasteiger partial charge in [0, 0.05) is 38.7 Å². The molecular weight excluding hydrogens is 649 g/mol. The second-order valence-corrected chi connectivity index (χ2v) is 12.8. The molecule has 0 aliphatic carbocycles. The highest BCUT2D eigenvalue weighted by Gasteiger charge is 2.20. The molecule has 10 aromatic rings. The number of nitrogens with zero attached hydrogens (tertiary/aromatic N) is 5. The monoisotopic (exact) mass is 675 g/mol. The van der Waals surface area contributed by atoms with Gasteiger partial charge in [-0.2, -0.15) is 9.97 Å². The van der Waals surface area contributed by atoms with E-state index in [-0.39, 0.29) is 0 Å². The van der Waals surface area contributed by atoms with Gasteiger partial charge in [-0.25, -0.2) is 13.8 Å². The fraction of sp³-hybridized carbons (Fsp3) is 0. The van der Waals surface area contributed by atoms with E-state index in [1.54, 1.807) is 0 Å². The molecular formula is C45H27F2N5. The second kappa shape index (κ2) is 11.8. The van der Waals surface area contributed by atoms with Crippen LogP contribution in [0.5, 0.6) is 0 Å². The van der Waals surface area contributed by atoms with Crippen LogP contribution in [0.25, 0.3) is 89.2 Å². The van der Waals surface area contributed by atoms with Crippen LogP contribution in [0.2, 0.25) is 0 Å². The van der Waals surface area contributed by atoms with Gasteiger partial charge >= 0.3 is 0 Å². The number of halogens is 2. The first-order chi connectivity index (χ1) is 25.6.